The molecule has 1 unspecified atom stereocenters. The van der Waals surface area contributed by atoms with Crippen molar-refractivity contribution in [3.05, 3.63) is 22.4 Å². The van der Waals surface area contributed by atoms with E-state index in [2.05, 4.69) is 22.1 Å². The van der Waals surface area contributed by atoms with Crippen molar-refractivity contribution < 1.29 is 9.53 Å². The van der Waals surface area contributed by atoms with Crippen LogP contribution in [0.4, 0.5) is 0 Å². The highest BCUT2D eigenvalue weighted by Gasteiger charge is 2.59. The Labute approximate surface area is 117 Å². The van der Waals surface area contributed by atoms with E-state index in [9.17, 15) is 4.79 Å². The van der Waals surface area contributed by atoms with Crippen LogP contribution in [-0.2, 0) is 9.53 Å². The monoisotopic (exact) mass is 280 g/mol. The van der Waals surface area contributed by atoms with Crippen LogP contribution in [0.1, 0.15) is 37.9 Å². The molecule has 1 spiro atoms. The van der Waals surface area contributed by atoms with Gasteiger partial charge in [-0.2, -0.15) is 11.3 Å². The lowest BCUT2D eigenvalue weighted by atomic mass is 10.2. The molecule has 0 radical (unpaired) electrons. The zero-order valence-corrected chi connectivity index (χ0v) is 12.0. The first-order chi connectivity index (χ1) is 9.27. The summed E-state index contributed by atoms with van der Waals surface area (Å²) in [5.41, 5.74) is 0.969. The molecule has 2 aliphatic rings. The minimum Gasteiger partial charge on any atom is -0.382 e. The number of nitrogens with one attached hydrogen (secondary N) is 1. The van der Waals surface area contributed by atoms with Gasteiger partial charge in [-0.3, -0.25) is 10.1 Å². The lowest BCUT2D eigenvalue weighted by Crippen LogP contribution is -2.33. The van der Waals surface area contributed by atoms with Gasteiger partial charge in [-0.05, 0) is 48.6 Å². The largest absolute Gasteiger partial charge is 0.382 e. The second-order valence-corrected chi connectivity index (χ2v) is 6.01. The van der Waals surface area contributed by atoms with E-state index in [1.165, 1.54) is 5.56 Å². The number of amides is 1. The van der Waals surface area contributed by atoms with Gasteiger partial charge in [0.25, 0.3) is 0 Å². The van der Waals surface area contributed by atoms with E-state index < -0.39 is 0 Å². The standard InChI is InChI=1S/C14H20N2O2S/c1-2-18-8-3-7-16-12(11-4-9-19-10-11)15-14(5-6-14)13(16)17/h4,9-10,12,15H,2-3,5-8H2,1H3. The molecule has 1 aliphatic carbocycles. The zero-order valence-electron chi connectivity index (χ0n) is 11.2. The fraction of sp³-hybridized carbons (Fsp3) is 0.643. The Bertz CT molecular complexity index is 442. The molecule has 1 atom stereocenters. The maximum absolute atomic E-state index is 12.5. The van der Waals surface area contributed by atoms with Crippen molar-refractivity contribution in [2.24, 2.45) is 0 Å². The predicted octanol–water partition coefficient (Wildman–Crippen LogP) is 2.14. The third-order valence-electron chi connectivity index (χ3n) is 3.90. The Morgan fingerprint density at radius 1 is 1.58 bits per heavy atom. The Morgan fingerprint density at radius 3 is 3.05 bits per heavy atom. The lowest BCUT2D eigenvalue weighted by Gasteiger charge is -2.23. The minimum absolute atomic E-state index is 0.0582. The highest BCUT2D eigenvalue weighted by atomic mass is 32.1. The van der Waals surface area contributed by atoms with Crippen LogP contribution in [0, 0.1) is 0 Å². The second-order valence-electron chi connectivity index (χ2n) is 5.23. The van der Waals surface area contributed by atoms with Crippen LogP contribution in [0.15, 0.2) is 16.8 Å². The van der Waals surface area contributed by atoms with Crippen LogP contribution in [0.3, 0.4) is 0 Å². The smallest absolute Gasteiger partial charge is 0.244 e. The molecule has 19 heavy (non-hydrogen) atoms. The number of carbonyl (C=O) groups is 1. The molecule has 3 rings (SSSR count). The topological polar surface area (TPSA) is 41.6 Å². The van der Waals surface area contributed by atoms with E-state index in [1.807, 2.05) is 11.8 Å². The minimum atomic E-state index is -0.238. The van der Waals surface area contributed by atoms with Crippen LogP contribution in [0.25, 0.3) is 0 Å². The van der Waals surface area contributed by atoms with E-state index in [0.717, 1.165) is 39.0 Å². The lowest BCUT2D eigenvalue weighted by molar-refractivity contribution is -0.131. The summed E-state index contributed by atoms with van der Waals surface area (Å²) in [7, 11) is 0. The van der Waals surface area contributed by atoms with Crippen LogP contribution in [0.2, 0.25) is 0 Å². The van der Waals surface area contributed by atoms with Crippen molar-refractivity contribution in [1.82, 2.24) is 10.2 Å². The number of thiophene rings is 1. The highest BCUT2D eigenvalue weighted by molar-refractivity contribution is 7.07. The molecule has 2 heterocycles. The number of hydrogen-bond acceptors (Lipinski definition) is 4. The molecular formula is C14H20N2O2S. The van der Waals surface area contributed by atoms with Crippen molar-refractivity contribution in [1.29, 1.82) is 0 Å². The third kappa shape index (κ3) is 2.42. The first-order valence-corrected chi connectivity index (χ1v) is 7.90. The van der Waals surface area contributed by atoms with Gasteiger partial charge >= 0.3 is 0 Å². The third-order valence-corrected chi connectivity index (χ3v) is 4.60. The number of rotatable bonds is 6. The summed E-state index contributed by atoms with van der Waals surface area (Å²) >= 11 is 1.68. The van der Waals surface area contributed by atoms with Crippen LogP contribution in [0.5, 0.6) is 0 Å². The van der Waals surface area contributed by atoms with Crippen molar-refractivity contribution >= 4 is 17.2 Å². The Morgan fingerprint density at radius 2 is 2.42 bits per heavy atom. The first kappa shape index (κ1) is 13.1. The molecule has 1 aromatic rings. The van der Waals surface area contributed by atoms with Gasteiger partial charge in [0.2, 0.25) is 5.91 Å². The fourth-order valence-corrected chi connectivity index (χ4v) is 3.36. The van der Waals surface area contributed by atoms with Crippen LogP contribution in [-0.4, -0.2) is 36.1 Å². The molecule has 0 bridgehead atoms. The van der Waals surface area contributed by atoms with E-state index in [-0.39, 0.29) is 17.6 Å². The predicted molar refractivity (Wildman–Crippen MR) is 75.0 cm³/mol. The van der Waals surface area contributed by atoms with Crippen LogP contribution < -0.4 is 5.32 Å². The molecular weight excluding hydrogens is 260 g/mol. The van der Waals surface area contributed by atoms with Crippen molar-refractivity contribution in [2.45, 2.75) is 37.9 Å². The quantitative estimate of drug-likeness (QED) is 0.812. The van der Waals surface area contributed by atoms with Gasteiger partial charge in [-0.15, -0.1) is 0 Å². The number of carbonyl (C=O) groups excluding carboxylic acids is 1. The molecule has 2 fully saturated rings. The van der Waals surface area contributed by atoms with Gasteiger partial charge in [0, 0.05) is 19.8 Å². The van der Waals surface area contributed by atoms with Gasteiger partial charge in [0.05, 0.1) is 0 Å². The van der Waals surface area contributed by atoms with Crippen molar-refractivity contribution in [3.63, 3.8) is 0 Å². The zero-order chi connectivity index (χ0) is 13.3. The van der Waals surface area contributed by atoms with E-state index in [4.69, 9.17) is 4.74 Å². The Kier molecular flexibility index (Phi) is 3.60. The molecule has 1 aliphatic heterocycles. The van der Waals surface area contributed by atoms with Crippen molar-refractivity contribution in [3.8, 4) is 0 Å². The summed E-state index contributed by atoms with van der Waals surface area (Å²) in [4.78, 5) is 14.5. The molecule has 5 heteroatoms. The van der Waals surface area contributed by atoms with Gasteiger partial charge in [-0.1, -0.05) is 0 Å². The van der Waals surface area contributed by atoms with Crippen LogP contribution >= 0.6 is 11.3 Å². The molecule has 1 amide bonds. The fourth-order valence-electron chi connectivity index (χ4n) is 2.68. The maximum atomic E-state index is 12.5. The molecule has 1 saturated carbocycles. The summed E-state index contributed by atoms with van der Waals surface area (Å²) in [6.07, 6.45) is 2.92. The number of hydrogen-bond donors (Lipinski definition) is 1. The number of nitrogens with zero attached hydrogens (tertiary/aromatic N) is 1. The Balaban J connectivity index is 1.68. The summed E-state index contributed by atoms with van der Waals surface area (Å²) < 4.78 is 5.37. The summed E-state index contributed by atoms with van der Waals surface area (Å²) in [6, 6.07) is 2.10. The Hall–Kier alpha value is -0.910. The molecule has 1 saturated heterocycles. The molecule has 1 N–H and O–H groups in total. The SMILES string of the molecule is CCOCCCN1C(=O)C2(CC2)NC1c1ccsc1. The second kappa shape index (κ2) is 5.23. The first-order valence-electron chi connectivity index (χ1n) is 6.95. The van der Waals surface area contributed by atoms with Crippen molar-refractivity contribution in [2.75, 3.05) is 19.8 Å². The van der Waals surface area contributed by atoms with Gasteiger partial charge in [0.15, 0.2) is 0 Å². The maximum Gasteiger partial charge on any atom is 0.244 e. The van der Waals surface area contributed by atoms with Gasteiger partial charge < -0.3 is 9.64 Å². The molecule has 0 aromatic carbocycles. The number of ether oxygens (including phenoxy) is 1. The summed E-state index contributed by atoms with van der Waals surface area (Å²) in [5.74, 6) is 0.278. The van der Waals surface area contributed by atoms with E-state index in [0.29, 0.717) is 0 Å². The summed E-state index contributed by atoms with van der Waals surface area (Å²) in [5, 5.41) is 7.72. The van der Waals surface area contributed by atoms with E-state index >= 15 is 0 Å². The van der Waals surface area contributed by atoms with Gasteiger partial charge in [-0.25, -0.2) is 0 Å². The van der Waals surface area contributed by atoms with Gasteiger partial charge in [0.1, 0.15) is 11.7 Å². The molecule has 4 nitrogen and oxygen atoms in total. The average molecular weight is 280 g/mol. The average Bonchev–Trinajstić information content (AvgIpc) is 2.89. The normalized spacial score (nSPS) is 24.4. The highest BCUT2D eigenvalue weighted by Crippen LogP contribution is 2.46. The molecule has 1 aromatic heterocycles. The molecule has 104 valence electrons. The summed E-state index contributed by atoms with van der Waals surface area (Å²) in [6.45, 7) is 4.23. The van der Waals surface area contributed by atoms with E-state index in [1.54, 1.807) is 11.3 Å².